The summed E-state index contributed by atoms with van der Waals surface area (Å²) in [6.45, 7) is 2.29. The largest absolute Gasteiger partial charge is 0.278 e. The quantitative estimate of drug-likeness (QED) is 0.413. The maximum absolute atomic E-state index is 13.6. The van der Waals surface area contributed by atoms with Crippen molar-refractivity contribution in [2.75, 3.05) is 9.80 Å². The standard InChI is InChI=1S/C25H20N4O3S/c1-16-5-10-20-21(14-16)33-25(27-20)28(15-18-4-2-3-13-26-18)24(32)17-6-8-19(9-7-17)29-22(30)11-12-23(29)31/h2-10,13-14H,11-12,15H2,1H3. The van der Waals surface area contributed by atoms with E-state index in [9.17, 15) is 14.4 Å². The van der Waals surface area contributed by atoms with Gasteiger partial charge >= 0.3 is 0 Å². The third-order valence-electron chi connectivity index (χ3n) is 5.48. The van der Waals surface area contributed by atoms with Gasteiger partial charge in [0.1, 0.15) is 0 Å². The van der Waals surface area contributed by atoms with Crippen LogP contribution in [0.1, 0.15) is 34.5 Å². The van der Waals surface area contributed by atoms with E-state index in [4.69, 9.17) is 4.98 Å². The van der Waals surface area contributed by atoms with Gasteiger partial charge in [-0.25, -0.2) is 4.98 Å². The second-order valence-electron chi connectivity index (χ2n) is 7.85. The smallest absolute Gasteiger partial charge is 0.260 e. The molecule has 0 saturated carbocycles. The summed E-state index contributed by atoms with van der Waals surface area (Å²) in [5.74, 6) is -0.677. The molecule has 8 heteroatoms. The number of carbonyl (C=O) groups excluding carboxylic acids is 3. The molecule has 0 unspecified atom stereocenters. The number of pyridine rings is 1. The van der Waals surface area contributed by atoms with Crippen molar-refractivity contribution in [1.82, 2.24) is 9.97 Å². The lowest BCUT2D eigenvalue weighted by Crippen LogP contribution is -2.31. The summed E-state index contributed by atoms with van der Waals surface area (Å²) in [7, 11) is 0. The van der Waals surface area contributed by atoms with Crippen LogP contribution in [0.3, 0.4) is 0 Å². The maximum atomic E-state index is 13.6. The van der Waals surface area contributed by atoms with Crippen LogP contribution in [0.4, 0.5) is 10.8 Å². The zero-order chi connectivity index (χ0) is 22.9. The van der Waals surface area contributed by atoms with E-state index in [1.165, 1.54) is 16.2 Å². The van der Waals surface area contributed by atoms with E-state index in [0.29, 0.717) is 16.4 Å². The number of benzene rings is 2. The van der Waals surface area contributed by atoms with E-state index in [0.717, 1.165) is 21.5 Å². The molecule has 0 radical (unpaired) electrons. The van der Waals surface area contributed by atoms with Crippen molar-refractivity contribution in [3.63, 3.8) is 0 Å². The van der Waals surface area contributed by atoms with E-state index < -0.39 is 0 Å². The molecule has 0 N–H and O–H groups in total. The van der Waals surface area contributed by atoms with Crippen LogP contribution in [-0.2, 0) is 16.1 Å². The average molecular weight is 457 g/mol. The summed E-state index contributed by atoms with van der Waals surface area (Å²) in [6.07, 6.45) is 2.13. The Labute approximate surface area is 194 Å². The fourth-order valence-corrected chi connectivity index (χ4v) is 4.85. The van der Waals surface area contributed by atoms with E-state index in [2.05, 4.69) is 11.1 Å². The minimum Gasteiger partial charge on any atom is -0.278 e. The van der Waals surface area contributed by atoms with E-state index >= 15 is 0 Å². The van der Waals surface area contributed by atoms with Crippen molar-refractivity contribution in [3.05, 3.63) is 83.7 Å². The summed E-state index contributed by atoms with van der Waals surface area (Å²) in [6, 6.07) is 18.1. The molecule has 1 aliphatic rings. The monoisotopic (exact) mass is 456 g/mol. The van der Waals surface area contributed by atoms with Crippen LogP contribution >= 0.6 is 11.3 Å². The number of hydrogen-bond donors (Lipinski definition) is 0. The number of fused-ring (bicyclic) bond motifs is 1. The molecule has 3 heterocycles. The second-order valence-corrected chi connectivity index (χ2v) is 8.86. The number of thiazole rings is 1. The first kappa shape index (κ1) is 21.0. The van der Waals surface area contributed by atoms with Gasteiger partial charge in [0.25, 0.3) is 5.91 Å². The van der Waals surface area contributed by atoms with Crippen LogP contribution in [0.15, 0.2) is 66.9 Å². The number of anilines is 2. The number of carbonyl (C=O) groups is 3. The molecule has 1 fully saturated rings. The van der Waals surface area contributed by atoms with Gasteiger partial charge in [-0.15, -0.1) is 0 Å². The Kier molecular flexibility index (Phi) is 5.43. The minimum atomic E-state index is -0.234. The molecule has 0 bridgehead atoms. The summed E-state index contributed by atoms with van der Waals surface area (Å²) < 4.78 is 1.00. The highest BCUT2D eigenvalue weighted by Crippen LogP contribution is 2.32. The molecular weight excluding hydrogens is 436 g/mol. The van der Waals surface area contributed by atoms with Gasteiger partial charge in [0.15, 0.2) is 5.13 Å². The highest BCUT2D eigenvalue weighted by atomic mass is 32.1. The Morgan fingerprint density at radius 1 is 1.03 bits per heavy atom. The lowest BCUT2D eigenvalue weighted by atomic mass is 10.1. The number of imide groups is 1. The van der Waals surface area contributed by atoms with Crippen molar-refractivity contribution in [3.8, 4) is 0 Å². The first-order valence-electron chi connectivity index (χ1n) is 10.5. The Hall–Kier alpha value is -3.91. The number of nitrogens with zero attached hydrogens (tertiary/aromatic N) is 4. The lowest BCUT2D eigenvalue weighted by molar-refractivity contribution is -0.121. The molecule has 1 saturated heterocycles. The van der Waals surface area contributed by atoms with Gasteiger partial charge in [0.05, 0.1) is 28.1 Å². The van der Waals surface area contributed by atoms with E-state index in [-0.39, 0.29) is 37.1 Å². The summed E-state index contributed by atoms with van der Waals surface area (Å²) >= 11 is 1.45. The minimum absolute atomic E-state index is 0.217. The van der Waals surface area contributed by atoms with Crippen molar-refractivity contribution in [2.24, 2.45) is 0 Å². The van der Waals surface area contributed by atoms with E-state index in [1.54, 1.807) is 35.4 Å². The predicted molar refractivity (Wildman–Crippen MR) is 127 cm³/mol. The van der Waals surface area contributed by atoms with Gasteiger partial charge in [0, 0.05) is 24.6 Å². The van der Waals surface area contributed by atoms with Gasteiger partial charge in [-0.3, -0.25) is 29.2 Å². The molecule has 164 valence electrons. The molecule has 7 nitrogen and oxygen atoms in total. The van der Waals surface area contributed by atoms with Crippen LogP contribution in [-0.4, -0.2) is 27.7 Å². The molecule has 0 atom stereocenters. The average Bonchev–Trinajstić information content (AvgIpc) is 3.40. The van der Waals surface area contributed by atoms with Gasteiger partial charge in [-0.1, -0.05) is 23.5 Å². The van der Waals surface area contributed by atoms with Gasteiger partial charge in [-0.2, -0.15) is 0 Å². The molecule has 5 rings (SSSR count). The molecular formula is C25H20N4O3S. The number of hydrogen-bond acceptors (Lipinski definition) is 6. The van der Waals surface area contributed by atoms with Crippen molar-refractivity contribution in [2.45, 2.75) is 26.3 Å². The predicted octanol–water partition coefficient (Wildman–Crippen LogP) is 4.50. The first-order valence-corrected chi connectivity index (χ1v) is 11.4. The van der Waals surface area contributed by atoms with Gasteiger partial charge in [-0.05, 0) is 61.0 Å². The van der Waals surface area contributed by atoms with Crippen molar-refractivity contribution in [1.29, 1.82) is 0 Å². The molecule has 2 aromatic heterocycles. The molecule has 0 spiro atoms. The van der Waals surface area contributed by atoms with Crippen molar-refractivity contribution >= 4 is 50.1 Å². The Balaban J connectivity index is 1.49. The van der Waals surface area contributed by atoms with Crippen LogP contribution < -0.4 is 9.80 Å². The SMILES string of the molecule is Cc1ccc2nc(N(Cc3ccccn3)C(=O)c3ccc(N4C(=O)CCC4=O)cc3)sc2c1. The molecule has 1 aliphatic heterocycles. The van der Waals surface area contributed by atoms with Crippen LogP contribution in [0.2, 0.25) is 0 Å². The third kappa shape index (κ3) is 4.12. The number of aryl methyl sites for hydroxylation is 1. The molecule has 3 amide bonds. The topological polar surface area (TPSA) is 83.5 Å². The summed E-state index contributed by atoms with van der Waals surface area (Å²) in [5.41, 5.74) is 3.61. The molecule has 2 aromatic carbocycles. The number of rotatable bonds is 5. The Bertz CT molecular complexity index is 1350. The molecule has 0 aliphatic carbocycles. The van der Waals surface area contributed by atoms with Crippen molar-refractivity contribution < 1.29 is 14.4 Å². The Morgan fingerprint density at radius 2 is 1.79 bits per heavy atom. The highest BCUT2D eigenvalue weighted by Gasteiger charge is 2.30. The van der Waals surface area contributed by atoms with Crippen LogP contribution in [0.25, 0.3) is 10.2 Å². The second kappa shape index (κ2) is 8.55. The van der Waals surface area contributed by atoms with Gasteiger partial charge < -0.3 is 0 Å². The normalized spacial score (nSPS) is 13.7. The fraction of sp³-hybridized carbons (Fsp3) is 0.160. The highest BCUT2D eigenvalue weighted by molar-refractivity contribution is 7.22. The third-order valence-corrected chi connectivity index (χ3v) is 6.52. The zero-order valence-corrected chi connectivity index (χ0v) is 18.7. The zero-order valence-electron chi connectivity index (χ0n) is 17.9. The number of aromatic nitrogens is 2. The molecule has 4 aromatic rings. The summed E-state index contributed by atoms with van der Waals surface area (Å²) in [4.78, 5) is 49.5. The van der Waals surface area contributed by atoms with Gasteiger partial charge in [0.2, 0.25) is 11.8 Å². The van der Waals surface area contributed by atoms with Crippen LogP contribution in [0, 0.1) is 6.92 Å². The lowest BCUT2D eigenvalue weighted by Gasteiger charge is -2.20. The van der Waals surface area contributed by atoms with Crippen LogP contribution in [0.5, 0.6) is 0 Å². The molecule has 33 heavy (non-hydrogen) atoms. The summed E-state index contributed by atoms with van der Waals surface area (Å²) in [5, 5.41) is 0.584. The fourth-order valence-electron chi connectivity index (χ4n) is 3.79. The van der Waals surface area contributed by atoms with E-state index in [1.807, 2.05) is 37.3 Å². The number of amides is 3. The Morgan fingerprint density at radius 3 is 2.48 bits per heavy atom. The first-order chi connectivity index (χ1) is 16.0. The maximum Gasteiger partial charge on any atom is 0.260 e.